The molecule has 0 fully saturated rings. The topological polar surface area (TPSA) is 69.7 Å². The zero-order valence-electron chi connectivity index (χ0n) is 21.1. The quantitative estimate of drug-likeness (QED) is 0.314. The number of rotatable bonds is 11. The van der Waals surface area contributed by atoms with Crippen LogP contribution in [0.15, 0.2) is 54.6 Å². The predicted molar refractivity (Wildman–Crippen MR) is 149 cm³/mol. The average molecular weight is 540 g/mol. The zero-order valence-corrected chi connectivity index (χ0v) is 22.6. The Bertz CT molecular complexity index is 1300. The van der Waals surface area contributed by atoms with Crippen molar-refractivity contribution in [3.8, 4) is 0 Å². The maximum absolute atomic E-state index is 13.6. The summed E-state index contributed by atoms with van der Waals surface area (Å²) in [5, 5.41) is 5.78. The van der Waals surface area contributed by atoms with E-state index in [1.165, 1.54) is 0 Å². The normalized spacial score (nSPS) is 13.2. The fourth-order valence-electron chi connectivity index (χ4n) is 4.87. The first-order chi connectivity index (χ1) is 17.9. The standard InChI is InChI=1S/C29H31Cl2N3O3/c1-3-16-32-28(36)24(4-2)34(18-21-22(30)12-7-13-23(21)31)26(35)15-8-17-33-25-14-6-10-19-9-5-11-20(27(19)25)29(33)37/h5-7,9-14,24H,3-4,8,15-18H2,1-2H3,(H,32,36)/t24-/m0/s1. The van der Waals surface area contributed by atoms with Crippen LogP contribution in [0.25, 0.3) is 10.8 Å². The van der Waals surface area contributed by atoms with Crippen LogP contribution in [0, 0.1) is 0 Å². The lowest BCUT2D eigenvalue weighted by Gasteiger charge is -2.31. The molecule has 0 saturated heterocycles. The Morgan fingerprint density at radius 1 is 1.00 bits per heavy atom. The van der Waals surface area contributed by atoms with Crippen LogP contribution in [-0.2, 0) is 16.1 Å². The first kappa shape index (κ1) is 27.0. The van der Waals surface area contributed by atoms with Crippen LogP contribution in [-0.4, -0.2) is 41.8 Å². The van der Waals surface area contributed by atoms with Crippen LogP contribution >= 0.6 is 23.2 Å². The Labute approximate surface area is 227 Å². The summed E-state index contributed by atoms with van der Waals surface area (Å²) in [5.41, 5.74) is 2.17. The van der Waals surface area contributed by atoms with Crippen molar-refractivity contribution >= 4 is 57.4 Å². The first-order valence-electron chi connectivity index (χ1n) is 12.7. The van der Waals surface area contributed by atoms with Gasteiger partial charge in [0.25, 0.3) is 5.91 Å². The number of carbonyl (C=O) groups is 3. The Kier molecular flexibility index (Phi) is 8.72. The summed E-state index contributed by atoms with van der Waals surface area (Å²) in [6, 6.07) is 16.1. The van der Waals surface area contributed by atoms with Gasteiger partial charge in [-0.3, -0.25) is 14.4 Å². The van der Waals surface area contributed by atoms with Gasteiger partial charge < -0.3 is 15.1 Å². The molecule has 0 spiro atoms. The van der Waals surface area contributed by atoms with Gasteiger partial charge in [-0.1, -0.05) is 67.4 Å². The van der Waals surface area contributed by atoms with Crippen molar-refractivity contribution in [3.05, 3.63) is 75.8 Å². The summed E-state index contributed by atoms with van der Waals surface area (Å²) >= 11 is 12.8. The second-order valence-corrected chi connectivity index (χ2v) is 9.99. The lowest BCUT2D eigenvalue weighted by atomic mass is 10.1. The number of amides is 3. The van der Waals surface area contributed by atoms with E-state index in [1.807, 2.05) is 50.2 Å². The van der Waals surface area contributed by atoms with Crippen molar-refractivity contribution in [2.75, 3.05) is 18.0 Å². The molecule has 3 aromatic carbocycles. The van der Waals surface area contributed by atoms with Gasteiger partial charge in [0.15, 0.2) is 0 Å². The maximum atomic E-state index is 13.6. The van der Waals surface area contributed by atoms with Gasteiger partial charge in [0.2, 0.25) is 11.8 Å². The largest absolute Gasteiger partial charge is 0.354 e. The SMILES string of the molecule is CCCNC(=O)[C@H](CC)N(Cc1c(Cl)cccc1Cl)C(=O)CCCN1C(=O)c2cccc3cccc1c23. The van der Waals surface area contributed by atoms with Crippen molar-refractivity contribution in [2.24, 2.45) is 0 Å². The zero-order chi connectivity index (χ0) is 26.5. The summed E-state index contributed by atoms with van der Waals surface area (Å²) in [4.78, 5) is 42.9. The van der Waals surface area contributed by atoms with Crippen molar-refractivity contribution < 1.29 is 14.4 Å². The minimum absolute atomic E-state index is 0.0515. The van der Waals surface area contributed by atoms with Gasteiger partial charge in [0.1, 0.15) is 6.04 Å². The molecule has 0 aliphatic carbocycles. The molecule has 6 nitrogen and oxygen atoms in total. The van der Waals surface area contributed by atoms with Crippen LogP contribution in [0.3, 0.4) is 0 Å². The Balaban J connectivity index is 1.51. The molecule has 1 aliphatic heterocycles. The van der Waals surface area contributed by atoms with Crippen LogP contribution in [0.5, 0.6) is 0 Å². The van der Waals surface area contributed by atoms with Gasteiger partial charge >= 0.3 is 0 Å². The summed E-state index contributed by atoms with van der Waals surface area (Å²) in [6.45, 7) is 4.92. The highest BCUT2D eigenvalue weighted by Gasteiger charge is 2.31. The minimum Gasteiger partial charge on any atom is -0.354 e. The smallest absolute Gasteiger partial charge is 0.258 e. The van der Waals surface area contributed by atoms with Crippen molar-refractivity contribution in [1.82, 2.24) is 10.2 Å². The van der Waals surface area contributed by atoms with E-state index < -0.39 is 6.04 Å². The van der Waals surface area contributed by atoms with Crippen LogP contribution in [0.4, 0.5) is 5.69 Å². The lowest BCUT2D eigenvalue weighted by Crippen LogP contribution is -2.49. The van der Waals surface area contributed by atoms with Gasteiger partial charge in [-0.2, -0.15) is 0 Å². The molecule has 3 amide bonds. The molecule has 194 valence electrons. The minimum atomic E-state index is -0.655. The van der Waals surface area contributed by atoms with Gasteiger partial charge in [-0.25, -0.2) is 0 Å². The maximum Gasteiger partial charge on any atom is 0.258 e. The summed E-state index contributed by atoms with van der Waals surface area (Å²) < 4.78 is 0. The van der Waals surface area contributed by atoms with E-state index in [-0.39, 0.29) is 30.7 Å². The number of hydrogen-bond acceptors (Lipinski definition) is 3. The van der Waals surface area contributed by atoms with Gasteiger partial charge in [-0.05, 0) is 48.9 Å². The molecule has 0 bridgehead atoms. The van der Waals surface area contributed by atoms with Crippen LogP contribution in [0.1, 0.15) is 55.5 Å². The fourth-order valence-corrected chi connectivity index (χ4v) is 5.39. The Morgan fingerprint density at radius 3 is 2.35 bits per heavy atom. The van der Waals surface area contributed by atoms with Gasteiger partial charge in [-0.15, -0.1) is 0 Å². The molecular formula is C29H31Cl2N3O3. The van der Waals surface area contributed by atoms with Crippen molar-refractivity contribution in [1.29, 1.82) is 0 Å². The molecular weight excluding hydrogens is 509 g/mol. The highest BCUT2D eigenvalue weighted by molar-refractivity contribution is 6.36. The van der Waals surface area contributed by atoms with E-state index in [0.29, 0.717) is 47.1 Å². The molecule has 1 aliphatic rings. The highest BCUT2D eigenvalue weighted by atomic mass is 35.5. The Hall–Kier alpha value is -3.09. The third kappa shape index (κ3) is 5.60. The number of nitrogens with zero attached hydrogens (tertiary/aromatic N) is 2. The molecule has 1 atom stereocenters. The Morgan fingerprint density at radius 2 is 1.68 bits per heavy atom. The first-order valence-corrected chi connectivity index (χ1v) is 13.5. The number of hydrogen-bond donors (Lipinski definition) is 1. The van der Waals surface area contributed by atoms with E-state index in [0.717, 1.165) is 22.9 Å². The molecule has 0 saturated carbocycles. The van der Waals surface area contributed by atoms with E-state index in [1.54, 1.807) is 28.0 Å². The van der Waals surface area contributed by atoms with Crippen molar-refractivity contribution in [2.45, 2.75) is 52.1 Å². The lowest BCUT2D eigenvalue weighted by molar-refractivity contribution is -0.141. The summed E-state index contributed by atoms with van der Waals surface area (Å²) in [5.74, 6) is -0.432. The second-order valence-electron chi connectivity index (χ2n) is 9.18. The van der Waals surface area contributed by atoms with Gasteiger partial charge in [0, 0.05) is 52.6 Å². The van der Waals surface area contributed by atoms with E-state index in [9.17, 15) is 14.4 Å². The molecule has 37 heavy (non-hydrogen) atoms. The van der Waals surface area contributed by atoms with E-state index >= 15 is 0 Å². The fraction of sp³-hybridized carbons (Fsp3) is 0.345. The third-order valence-electron chi connectivity index (χ3n) is 6.75. The molecule has 3 aromatic rings. The van der Waals surface area contributed by atoms with E-state index in [2.05, 4.69) is 5.32 Å². The molecule has 0 radical (unpaired) electrons. The van der Waals surface area contributed by atoms with Crippen LogP contribution < -0.4 is 10.2 Å². The number of halogens is 2. The number of nitrogens with one attached hydrogen (secondary N) is 1. The molecule has 1 N–H and O–H groups in total. The molecule has 1 heterocycles. The number of benzene rings is 3. The molecule has 8 heteroatoms. The van der Waals surface area contributed by atoms with E-state index in [4.69, 9.17) is 23.2 Å². The predicted octanol–water partition coefficient (Wildman–Crippen LogP) is 6.22. The average Bonchev–Trinajstić information content (AvgIpc) is 3.17. The number of carbonyl (C=O) groups excluding carboxylic acids is 3. The monoisotopic (exact) mass is 539 g/mol. The van der Waals surface area contributed by atoms with Gasteiger partial charge in [0.05, 0.1) is 5.69 Å². The number of anilines is 1. The summed E-state index contributed by atoms with van der Waals surface area (Å²) in [7, 11) is 0. The third-order valence-corrected chi connectivity index (χ3v) is 7.45. The highest BCUT2D eigenvalue weighted by Crippen LogP contribution is 2.37. The molecule has 0 unspecified atom stereocenters. The van der Waals surface area contributed by atoms with Crippen molar-refractivity contribution in [3.63, 3.8) is 0 Å². The molecule has 4 rings (SSSR count). The molecule has 0 aromatic heterocycles. The van der Waals surface area contributed by atoms with Crippen LogP contribution in [0.2, 0.25) is 10.0 Å². The summed E-state index contributed by atoms with van der Waals surface area (Å²) in [6.07, 6.45) is 1.88. The second kappa shape index (κ2) is 12.0.